The lowest BCUT2D eigenvalue weighted by Gasteiger charge is -2.19. The highest BCUT2D eigenvalue weighted by atomic mass is 79.9. The summed E-state index contributed by atoms with van der Waals surface area (Å²) < 4.78 is 12.4. The molecule has 0 aliphatic rings. The summed E-state index contributed by atoms with van der Waals surface area (Å²) >= 11 is 28.8. The SMILES string of the molecule is O=C(O)CCCOc1c(Br)c(Br)c(-c2cc(Br)c(Br)c(Br)c2Br)c(Br)c1Br. The molecule has 2 aromatic carbocycles. The zero-order chi connectivity index (χ0) is 20.5. The normalized spacial score (nSPS) is 11.0. The second-order valence-corrected chi connectivity index (χ2v) is 11.6. The standard InChI is InChI=1S/C16H8Br8O3/c17-6-4-5(9(18)13(22)10(6)19)8-11(20)14(23)16(15(24)12(8)21)27-3-1-2-7(25)26/h4H,1-3H2,(H,25,26). The van der Waals surface area contributed by atoms with Gasteiger partial charge in [-0.1, -0.05) is 0 Å². The Bertz CT molecular complexity index is 885. The Kier molecular flexibility index (Phi) is 9.86. The molecule has 0 bridgehead atoms. The van der Waals surface area contributed by atoms with Crippen LogP contribution in [0, 0.1) is 0 Å². The van der Waals surface area contributed by atoms with Crippen LogP contribution in [-0.4, -0.2) is 17.7 Å². The highest BCUT2D eigenvalue weighted by Gasteiger charge is 2.24. The van der Waals surface area contributed by atoms with E-state index >= 15 is 0 Å². The highest BCUT2D eigenvalue weighted by molar-refractivity contribution is 9.15. The number of rotatable bonds is 6. The van der Waals surface area contributed by atoms with Crippen LogP contribution in [0.25, 0.3) is 11.1 Å². The molecule has 2 aromatic rings. The topological polar surface area (TPSA) is 46.5 Å². The van der Waals surface area contributed by atoms with Gasteiger partial charge >= 0.3 is 5.97 Å². The van der Waals surface area contributed by atoms with Gasteiger partial charge in [0, 0.05) is 44.4 Å². The van der Waals surface area contributed by atoms with Gasteiger partial charge in [0.05, 0.1) is 15.6 Å². The van der Waals surface area contributed by atoms with Gasteiger partial charge in [-0.25, -0.2) is 0 Å². The van der Waals surface area contributed by atoms with Crippen molar-refractivity contribution in [2.45, 2.75) is 12.8 Å². The summed E-state index contributed by atoms with van der Waals surface area (Å²) in [5, 5.41) is 8.76. The molecule has 146 valence electrons. The minimum atomic E-state index is -0.842. The molecule has 0 aliphatic heterocycles. The molecule has 11 heteroatoms. The van der Waals surface area contributed by atoms with Crippen LogP contribution in [0.1, 0.15) is 12.8 Å². The lowest BCUT2D eigenvalue weighted by Crippen LogP contribution is -2.04. The van der Waals surface area contributed by atoms with Gasteiger partial charge in [-0.05, 0) is 140 Å². The molecule has 0 aromatic heterocycles. The summed E-state index contributed by atoms with van der Waals surface area (Å²) in [6, 6.07) is 2.00. The third-order valence-electron chi connectivity index (χ3n) is 3.38. The van der Waals surface area contributed by atoms with Gasteiger partial charge in [-0.15, -0.1) is 0 Å². The van der Waals surface area contributed by atoms with Crippen molar-refractivity contribution in [3.05, 3.63) is 41.8 Å². The fourth-order valence-corrected chi connectivity index (χ4v) is 7.08. The molecule has 0 spiro atoms. The van der Waals surface area contributed by atoms with E-state index in [1.165, 1.54) is 0 Å². The van der Waals surface area contributed by atoms with Gasteiger partial charge in [0.25, 0.3) is 0 Å². The van der Waals surface area contributed by atoms with E-state index in [9.17, 15) is 4.79 Å². The van der Waals surface area contributed by atoms with E-state index in [2.05, 4.69) is 127 Å². The highest BCUT2D eigenvalue weighted by Crippen LogP contribution is 2.53. The predicted octanol–water partition coefficient (Wildman–Crippen LogP) is 9.70. The number of hydrogen-bond acceptors (Lipinski definition) is 2. The van der Waals surface area contributed by atoms with Crippen LogP contribution < -0.4 is 4.74 Å². The molecule has 0 saturated carbocycles. The van der Waals surface area contributed by atoms with Crippen molar-refractivity contribution in [3.63, 3.8) is 0 Å². The Labute approximate surface area is 223 Å². The zero-order valence-corrected chi connectivity index (χ0v) is 25.7. The van der Waals surface area contributed by atoms with Gasteiger partial charge < -0.3 is 9.84 Å². The van der Waals surface area contributed by atoms with Crippen molar-refractivity contribution in [1.29, 1.82) is 0 Å². The molecule has 0 heterocycles. The second kappa shape index (κ2) is 10.7. The summed E-state index contributed by atoms with van der Waals surface area (Å²) in [6.45, 7) is 0.292. The van der Waals surface area contributed by atoms with E-state index in [0.29, 0.717) is 18.8 Å². The van der Waals surface area contributed by atoms with Gasteiger partial charge in [-0.2, -0.15) is 0 Å². The van der Waals surface area contributed by atoms with Crippen LogP contribution in [0.15, 0.2) is 41.8 Å². The van der Waals surface area contributed by atoms with E-state index in [0.717, 1.165) is 46.9 Å². The average molecular weight is 887 g/mol. The van der Waals surface area contributed by atoms with E-state index in [4.69, 9.17) is 9.84 Å². The molecule has 0 fully saturated rings. The lowest BCUT2D eigenvalue weighted by atomic mass is 10.1. The first kappa shape index (κ1) is 24.8. The number of carbonyl (C=O) groups is 1. The molecule has 0 radical (unpaired) electrons. The predicted molar refractivity (Wildman–Crippen MR) is 136 cm³/mol. The quantitative estimate of drug-likeness (QED) is 0.179. The van der Waals surface area contributed by atoms with Gasteiger partial charge in [0.2, 0.25) is 0 Å². The van der Waals surface area contributed by atoms with Crippen LogP contribution in [0.4, 0.5) is 0 Å². The maximum Gasteiger partial charge on any atom is 0.303 e. The Balaban J connectivity index is 2.54. The van der Waals surface area contributed by atoms with E-state index in [-0.39, 0.29) is 6.42 Å². The first-order chi connectivity index (χ1) is 12.6. The zero-order valence-electron chi connectivity index (χ0n) is 13.0. The maximum absolute atomic E-state index is 10.7. The molecule has 0 unspecified atom stereocenters. The van der Waals surface area contributed by atoms with E-state index in [1.807, 2.05) is 6.07 Å². The first-order valence-corrected chi connectivity index (χ1v) is 13.5. The molecule has 3 nitrogen and oxygen atoms in total. The van der Waals surface area contributed by atoms with Crippen molar-refractivity contribution in [2.24, 2.45) is 0 Å². The molecular weight excluding hydrogens is 879 g/mol. The van der Waals surface area contributed by atoms with Gasteiger partial charge in [0.1, 0.15) is 5.75 Å². The molecule has 0 saturated heterocycles. The number of carboxylic acids is 1. The van der Waals surface area contributed by atoms with Crippen molar-refractivity contribution in [3.8, 4) is 16.9 Å². The number of hydrogen-bond donors (Lipinski definition) is 1. The number of benzene rings is 2. The summed E-state index contributed by atoms with van der Waals surface area (Å²) in [5.41, 5.74) is 1.85. The Morgan fingerprint density at radius 2 is 1.37 bits per heavy atom. The number of halogens is 8. The molecular formula is C16H8Br8O3. The van der Waals surface area contributed by atoms with Crippen molar-refractivity contribution < 1.29 is 14.6 Å². The maximum atomic E-state index is 10.7. The summed E-state index contributed by atoms with van der Waals surface area (Å²) in [6.07, 6.45) is 0.479. The molecule has 0 amide bonds. The number of carboxylic acid groups (broad SMARTS) is 1. The van der Waals surface area contributed by atoms with Crippen molar-refractivity contribution >= 4 is 133 Å². The van der Waals surface area contributed by atoms with Crippen molar-refractivity contribution in [2.75, 3.05) is 6.61 Å². The van der Waals surface area contributed by atoms with Gasteiger partial charge in [-0.3, -0.25) is 4.79 Å². The van der Waals surface area contributed by atoms with Crippen LogP contribution in [0.5, 0.6) is 5.75 Å². The van der Waals surface area contributed by atoms with E-state index < -0.39 is 5.97 Å². The molecule has 0 aliphatic carbocycles. The fourth-order valence-electron chi connectivity index (χ4n) is 2.13. The molecule has 27 heavy (non-hydrogen) atoms. The monoisotopic (exact) mass is 879 g/mol. The molecule has 2 rings (SSSR count). The van der Waals surface area contributed by atoms with Crippen LogP contribution in [0.2, 0.25) is 0 Å². The second-order valence-electron chi connectivity index (χ2n) is 5.15. The number of aliphatic carboxylic acids is 1. The Morgan fingerprint density at radius 3 is 1.89 bits per heavy atom. The van der Waals surface area contributed by atoms with Crippen molar-refractivity contribution in [1.82, 2.24) is 0 Å². The Morgan fingerprint density at radius 1 is 0.815 bits per heavy atom. The summed E-state index contributed by atoms with van der Waals surface area (Å²) in [7, 11) is 0. The minimum absolute atomic E-state index is 0.0591. The average Bonchev–Trinajstić information content (AvgIpc) is 2.61. The minimum Gasteiger partial charge on any atom is -0.491 e. The first-order valence-electron chi connectivity index (χ1n) is 7.11. The van der Waals surface area contributed by atoms with Crippen LogP contribution in [0.3, 0.4) is 0 Å². The molecule has 1 N–H and O–H groups in total. The van der Waals surface area contributed by atoms with Crippen LogP contribution >= 0.6 is 127 Å². The summed E-state index contributed by atoms with van der Waals surface area (Å²) in [4.78, 5) is 10.7. The van der Waals surface area contributed by atoms with Crippen LogP contribution in [-0.2, 0) is 4.79 Å². The largest absolute Gasteiger partial charge is 0.491 e. The summed E-state index contributed by atoms with van der Waals surface area (Å²) in [5.74, 6) is -0.250. The smallest absolute Gasteiger partial charge is 0.303 e. The van der Waals surface area contributed by atoms with Gasteiger partial charge in [0.15, 0.2) is 0 Å². The molecule has 0 atom stereocenters. The fraction of sp³-hybridized carbons (Fsp3) is 0.188. The van der Waals surface area contributed by atoms with E-state index in [1.54, 1.807) is 0 Å². The number of ether oxygens (including phenoxy) is 1. The lowest BCUT2D eigenvalue weighted by molar-refractivity contribution is -0.137. The Hall–Kier alpha value is 1.55. The third-order valence-corrected chi connectivity index (χ3v) is 12.2. The third kappa shape index (κ3) is 5.62.